The highest BCUT2D eigenvalue weighted by atomic mass is 16.5. The summed E-state index contributed by atoms with van der Waals surface area (Å²) in [6.07, 6.45) is 0.584. The summed E-state index contributed by atoms with van der Waals surface area (Å²) in [7, 11) is 0. The average molecular weight is 191 g/mol. The fraction of sp³-hybridized carbons (Fsp3) is 0.200. The lowest BCUT2D eigenvalue weighted by atomic mass is 10.3. The van der Waals surface area contributed by atoms with Crippen molar-refractivity contribution < 1.29 is 13.9 Å². The Morgan fingerprint density at radius 2 is 2.43 bits per heavy atom. The van der Waals surface area contributed by atoms with E-state index in [9.17, 15) is 4.79 Å². The maximum absolute atomic E-state index is 10.4. The topological polar surface area (TPSA) is 52.3 Å². The first-order valence-electron chi connectivity index (χ1n) is 4.32. The Balaban J connectivity index is 2.48. The molecule has 4 nitrogen and oxygen atoms in total. The zero-order valence-electron chi connectivity index (χ0n) is 7.69. The van der Waals surface area contributed by atoms with E-state index in [1.54, 1.807) is 18.2 Å². The Labute approximate surface area is 80.5 Å². The molecule has 0 aliphatic carbocycles. The van der Waals surface area contributed by atoms with Gasteiger partial charge in [0.05, 0.1) is 6.61 Å². The van der Waals surface area contributed by atoms with Crippen molar-refractivity contribution in [2.75, 3.05) is 6.61 Å². The van der Waals surface area contributed by atoms with Crippen molar-refractivity contribution in [1.29, 1.82) is 0 Å². The van der Waals surface area contributed by atoms with E-state index >= 15 is 0 Å². The summed E-state index contributed by atoms with van der Waals surface area (Å²) in [6.45, 7) is 2.50. The molecular formula is C10H9NO3. The molecule has 0 saturated heterocycles. The first-order valence-corrected chi connectivity index (χ1v) is 4.32. The molecule has 0 bridgehead atoms. The van der Waals surface area contributed by atoms with Gasteiger partial charge in [-0.1, -0.05) is 0 Å². The average Bonchev–Trinajstić information content (AvgIpc) is 2.60. The van der Waals surface area contributed by atoms with Crippen LogP contribution in [0.3, 0.4) is 0 Å². The predicted octanol–water partition coefficient (Wildman–Crippen LogP) is 2.04. The molecule has 0 N–H and O–H groups in total. The zero-order valence-corrected chi connectivity index (χ0v) is 7.69. The van der Waals surface area contributed by atoms with Crippen LogP contribution in [0.4, 0.5) is 0 Å². The third-order valence-corrected chi connectivity index (χ3v) is 1.79. The summed E-state index contributed by atoms with van der Waals surface area (Å²) in [5.41, 5.74) is 1.23. The molecule has 2 rings (SSSR count). The Morgan fingerprint density at radius 1 is 1.57 bits per heavy atom. The van der Waals surface area contributed by atoms with E-state index in [1.165, 1.54) is 0 Å². The highest BCUT2D eigenvalue weighted by Gasteiger charge is 2.05. The van der Waals surface area contributed by atoms with Crippen molar-refractivity contribution >= 4 is 17.4 Å². The van der Waals surface area contributed by atoms with Gasteiger partial charge in [-0.3, -0.25) is 4.79 Å². The van der Waals surface area contributed by atoms with Crippen LogP contribution < -0.4 is 4.74 Å². The van der Waals surface area contributed by atoms with Gasteiger partial charge >= 0.3 is 0 Å². The molecule has 1 aromatic heterocycles. The number of aldehydes is 1. The minimum Gasteiger partial charge on any atom is -0.494 e. The number of ether oxygens (including phenoxy) is 1. The van der Waals surface area contributed by atoms with Gasteiger partial charge in [-0.25, -0.2) is 4.98 Å². The molecular weight excluding hydrogens is 182 g/mol. The molecule has 0 amide bonds. The van der Waals surface area contributed by atoms with Gasteiger partial charge in [-0.15, -0.1) is 0 Å². The molecule has 0 atom stereocenters. The molecule has 0 fully saturated rings. The van der Waals surface area contributed by atoms with E-state index in [0.29, 0.717) is 29.7 Å². The number of fused-ring (bicyclic) bond motifs is 1. The molecule has 14 heavy (non-hydrogen) atoms. The molecule has 0 spiro atoms. The number of rotatable bonds is 3. The standard InChI is InChI=1S/C10H9NO3/c1-2-13-7-3-4-8-9(5-7)14-10(6-12)11-8/h3-6H,2H2,1H3. The Morgan fingerprint density at radius 3 is 3.14 bits per heavy atom. The Kier molecular flexibility index (Phi) is 2.18. The monoisotopic (exact) mass is 191 g/mol. The van der Waals surface area contributed by atoms with Crippen molar-refractivity contribution in [2.24, 2.45) is 0 Å². The number of aromatic nitrogens is 1. The molecule has 4 heteroatoms. The maximum Gasteiger partial charge on any atom is 0.260 e. The summed E-state index contributed by atoms with van der Waals surface area (Å²) >= 11 is 0. The number of hydrogen-bond donors (Lipinski definition) is 0. The van der Waals surface area contributed by atoms with Gasteiger partial charge in [0.2, 0.25) is 6.29 Å². The van der Waals surface area contributed by atoms with Crippen LogP contribution in [0.1, 0.15) is 17.6 Å². The highest BCUT2D eigenvalue weighted by molar-refractivity contribution is 5.79. The lowest BCUT2D eigenvalue weighted by Gasteiger charge is -2.00. The van der Waals surface area contributed by atoms with Gasteiger partial charge < -0.3 is 9.15 Å². The van der Waals surface area contributed by atoms with Gasteiger partial charge in [0, 0.05) is 6.07 Å². The van der Waals surface area contributed by atoms with E-state index in [-0.39, 0.29) is 5.89 Å². The van der Waals surface area contributed by atoms with Gasteiger partial charge in [0.15, 0.2) is 5.58 Å². The minimum absolute atomic E-state index is 0.0913. The predicted molar refractivity (Wildman–Crippen MR) is 50.6 cm³/mol. The lowest BCUT2D eigenvalue weighted by Crippen LogP contribution is -1.90. The van der Waals surface area contributed by atoms with Crippen LogP contribution >= 0.6 is 0 Å². The van der Waals surface area contributed by atoms with E-state index < -0.39 is 0 Å². The third kappa shape index (κ3) is 1.46. The van der Waals surface area contributed by atoms with Crippen molar-refractivity contribution in [2.45, 2.75) is 6.92 Å². The van der Waals surface area contributed by atoms with Crippen LogP contribution in [0.5, 0.6) is 5.75 Å². The van der Waals surface area contributed by atoms with E-state index in [4.69, 9.17) is 9.15 Å². The maximum atomic E-state index is 10.4. The number of benzene rings is 1. The van der Waals surface area contributed by atoms with Gasteiger partial charge in [-0.05, 0) is 19.1 Å². The molecule has 1 heterocycles. The Bertz CT molecular complexity index is 461. The Hall–Kier alpha value is -1.84. The summed E-state index contributed by atoms with van der Waals surface area (Å²) in [5.74, 6) is 0.808. The van der Waals surface area contributed by atoms with E-state index in [2.05, 4.69) is 4.98 Å². The SMILES string of the molecule is CCOc1ccc2nc(C=O)oc2c1. The number of nitrogens with zero attached hydrogens (tertiary/aromatic N) is 1. The molecule has 72 valence electrons. The van der Waals surface area contributed by atoms with Crippen molar-refractivity contribution in [3.05, 3.63) is 24.1 Å². The number of carbonyl (C=O) groups is 1. The second-order valence-electron chi connectivity index (χ2n) is 2.73. The second kappa shape index (κ2) is 3.49. The van der Waals surface area contributed by atoms with Crippen LogP contribution in [-0.4, -0.2) is 17.9 Å². The molecule has 0 radical (unpaired) electrons. The minimum atomic E-state index is 0.0913. The van der Waals surface area contributed by atoms with Crippen LogP contribution in [0, 0.1) is 0 Å². The number of hydrogen-bond acceptors (Lipinski definition) is 4. The molecule has 0 unspecified atom stereocenters. The first-order chi connectivity index (χ1) is 6.83. The third-order valence-electron chi connectivity index (χ3n) is 1.79. The second-order valence-corrected chi connectivity index (χ2v) is 2.73. The molecule has 0 aliphatic rings. The molecule has 0 saturated carbocycles. The fourth-order valence-electron chi connectivity index (χ4n) is 1.23. The zero-order chi connectivity index (χ0) is 9.97. The van der Waals surface area contributed by atoms with Crippen LogP contribution in [0.25, 0.3) is 11.1 Å². The number of carbonyl (C=O) groups excluding carboxylic acids is 1. The fourth-order valence-corrected chi connectivity index (χ4v) is 1.23. The van der Waals surface area contributed by atoms with Crippen LogP contribution in [-0.2, 0) is 0 Å². The number of oxazole rings is 1. The highest BCUT2D eigenvalue weighted by Crippen LogP contribution is 2.20. The quantitative estimate of drug-likeness (QED) is 0.696. The summed E-state index contributed by atoms with van der Waals surface area (Å²) in [4.78, 5) is 14.3. The summed E-state index contributed by atoms with van der Waals surface area (Å²) in [5, 5.41) is 0. The summed E-state index contributed by atoms with van der Waals surface area (Å²) in [6, 6.07) is 5.28. The van der Waals surface area contributed by atoms with Crippen LogP contribution in [0.15, 0.2) is 22.6 Å². The van der Waals surface area contributed by atoms with E-state index in [0.717, 1.165) is 0 Å². The lowest BCUT2D eigenvalue weighted by molar-refractivity contribution is 0.109. The smallest absolute Gasteiger partial charge is 0.260 e. The molecule has 2 aromatic rings. The van der Waals surface area contributed by atoms with Crippen LogP contribution in [0.2, 0.25) is 0 Å². The molecule has 0 aliphatic heterocycles. The van der Waals surface area contributed by atoms with Gasteiger partial charge in [0.1, 0.15) is 11.3 Å². The largest absolute Gasteiger partial charge is 0.494 e. The molecule has 1 aromatic carbocycles. The van der Waals surface area contributed by atoms with Crippen molar-refractivity contribution in [3.63, 3.8) is 0 Å². The van der Waals surface area contributed by atoms with Crippen molar-refractivity contribution in [3.8, 4) is 5.75 Å². The van der Waals surface area contributed by atoms with E-state index in [1.807, 2.05) is 6.92 Å². The summed E-state index contributed by atoms with van der Waals surface area (Å²) < 4.78 is 10.4. The van der Waals surface area contributed by atoms with Gasteiger partial charge in [0.25, 0.3) is 5.89 Å². The first kappa shape index (κ1) is 8.74. The van der Waals surface area contributed by atoms with Crippen molar-refractivity contribution in [1.82, 2.24) is 4.98 Å². The normalized spacial score (nSPS) is 10.4. The van der Waals surface area contributed by atoms with Gasteiger partial charge in [-0.2, -0.15) is 0 Å².